The highest BCUT2D eigenvalue weighted by atomic mass is 16.3. The fourth-order valence-electron chi connectivity index (χ4n) is 1.71. The van der Waals surface area contributed by atoms with Crippen LogP contribution in [0.15, 0.2) is 18.2 Å². The summed E-state index contributed by atoms with van der Waals surface area (Å²) in [7, 11) is 0. The van der Waals surface area contributed by atoms with Crippen molar-refractivity contribution in [3.05, 3.63) is 34.9 Å². The van der Waals surface area contributed by atoms with Crippen molar-refractivity contribution in [2.75, 3.05) is 0 Å². The van der Waals surface area contributed by atoms with E-state index in [4.69, 9.17) is 0 Å². The second kappa shape index (κ2) is 4.88. The molecular weight excluding hydrogens is 214 g/mol. The Balaban J connectivity index is 2.89. The van der Waals surface area contributed by atoms with Gasteiger partial charge >= 0.3 is 0 Å². The summed E-state index contributed by atoms with van der Waals surface area (Å²) < 4.78 is 0. The second-order valence-corrected chi connectivity index (χ2v) is 5.50. The number of aryl methyl sites for hydroxylation is 2. The van der Waals surface area contributed by atoms with E-state index >= 15 is 0 Å². The van der Waals surface area contributed by atoms with E-state index in [0.29, 0.717) is 5.56 Å². The predicted molar refractivity (Wildman–Crippen MR) is 68.8 cm³/mol. The van der Waals surface area contributed by atoms with Gasteiger partial charge in [-0.15, -0.1) is 0 Å². The molecule has 0 aliphatic carbocycles. The molecule has 1 rings (SSSR count). The molecule has 1 amide bonds. The normalized spacial score (nSPS) is 13.3. The largest absolute Gasteiger partial charge is 0.378 e. The van der Waals surface area contributed by atoms with Crippen LogP contribution in [0.5, 0.6) is 0 Å². The molecule has 94 valence electrons. The first-order valence-corrected chi connectivity index (χ1v) is 5.78. The van der Waals surface area contributed by atoms with Gasteiger partial charge in [0, 0.05) is 5.54 Å². The van der Waals surface area contributed by atoms with Crippen LogP contribution in [-0.4, -0.2) is 16.6 Å². The summed E-state index contributed by atoms with van der Waals surface area (Å²) in [6, 6.07) is 5.66. The summed E-state index contributed by atoms with van der Waals surface area (Å²) in [5, 5.41) is 12.8. The molecule has 0 saturated carbocycles. The van der Waals surface area contributed by atoms with E-state index in [-0.39, 0.29) is 11.4 Å². The van der Waals surface area contributed by atoms with Crippen molar-refractivity contribution in [1.29, 1.82) is 0 Å². The van der Waals surface area contributed by atoms with Gasteiger partial charge in [0.15, 0.2) is 6.10 Å². The molecule has 0 aliphatic heterocycles. The number of nitrogens with one attached hydrogen (secondary N) is 1. The fraction of sp³-hybridized carbons (Fsp3) is 0.500. The number of amides is 1. The molecule has 1 aromatic rings. The number of carbonyl (C=O) groups is 1. The van der Waals surface area contributed by atoms with Gasteiger partial charge in [0.25, 0.3) is 5.91 Å². The van der Waals surface area contributed by atoms with Crippen LogP contribution in [0.25, 0.3) is 0 Å². The summed E-state index contributed by atoms with van der Waals surface area (Å²) in [4.78, 5) is 11.8. The molecule has 0 aliphatic rings. The number of rotatable bonds is 2. The minimum absolute atomic E-state index is 0.337. The van der Waals surface area contributed by atoms with E-state index in [2.05, 4.69) is 5.32 Å². The zero-order valence-electron chi connectivity index (χ0n) is 11.2. The van der Waals surface area contributed by atoms with Gasteiger partial charge < -0.3 is 10.4 Å². The zero-order valence-corrected chi connectivity index (χ0v) is 11.2. The molecule has 1 unspecified atom stereocenters. The summed E-state index contributed by atoms with van der Waals surface area (Å²) in [6.07, 6.45) is -1.10. The Bertz CT molecular complexity index is 419. The number of hydrogen-bond donors (Lipinski definition) is 2. The lowest BCUT2D eigenvalue weighted by Crippen LogP contribution is -2.43. The number of carbonyl (C=O) groups excluding carboxylic acids is 1. The molecular formula is C14H21NO2. The minimum atomic E-state index is -1.10. The molecule has 0 radical (unpaired) electrons. The molecule has 0 aromatic heterocycles. The fourth-order valence-corrected chi connectivity index (χ4v) is 1.71. The van der Waals surface area contributed by atoms with Crippen LogP contribution in [-0.2, 0) is 4.79 Å². The van der Waals surface area contributed by atoms with Crippen molar-refractivity contribution in [3.63, 3.8) is 0 Å². The van der Waals surface area contributed by atoms with Gasteiger partial charge in [-0.2, -0.15) is 0 Å². The Morgan fingerprint density at radius 3 is 2.35 bits per heavy atom. The lowest BCUT2D eigenvalue weighted by atomic mass is 9.99. The van der Waals surface area contributed by atoms with Gasteiger partial charge in [-0.1, -0.05) is 23.8 Å². The quantitative estimate of drug-likeness (QED) is 0.826. The van der Waals surface area contributed by atoms with E-state index in [1.807, 2.05) is 46.8 Å². The van der Waals surface area contributed by atoms with Gasteiger partial charge in [0.2, 0.25) is 0 Å². The molecule has 0 saturated heterocycles. The van der Waals surface area contributed by atoms with Crippen LogP contribution in [0.3, 0.4) is 0 Å². The number of benzene rings is 1. The van der Waals surface area contributed by atoms with Crippen molar-refractivity contribution in [3.8, 4) is 0 Å². The first kappa shape index (κ1) is 13.7. The van der Waals surface area contributed by atoms with Crippen molar-refractivity contribution in [1.82, 2.24) is 5.32 Å². The first-order chi connectivity index (χ1) is 7.70. The average Bonchev–Trinajstić information content (AvgIpc) is 2.14. The monoisotopic (exact) mass is 235 g/mol. The average molecular weight is 235 g/mol. The lowest BCUT2D eigenvalue weighted by Gasteiger charge is -2.23. The van der Waals surface area contributed by atoms with Crippen molar-refractivity contribution < 1.29 is 9.90 Å². The van der Waals surface area contributed by atoms with Gasteiger partial charge in [-0.05, 0) is 45.7 Å². The van der Waals surface area contributed by atoms with E-state index in [1.165, 1.54) is 0 Å². The third-order valence-corrected chi connectivity index (χ3v) is 2.47. The maximum absolute atomic E-state index is 11.8. The Morgan fingerprint density at radius 1 is 1.29 bits per heavy atom. The smallest absolute Gasteiger partial charge is 0.253 e. The zero-order chi connectivity index (χ0) is 13.2. The first-order valence-electron chi connectivity index (χ1n) is 5.78. The third kappa shape index (κ3) is 3.86. The summed E-state index contributed by atoms with van der Waals surface area (Å²) in [5.41, 5.74) is 2.38. The molecule has 3 heteroatoms. The van der Waals surface area contributed by atoms with Crippen LogP contribution < -0.4 is 5.32 Å². The Labute approximate surface area is 103 Å². The third-order valence-electron chi connectivity index (χ3n) is 2.47. The highest BCUT2D eigenvalue weighted by molar-refractivity contribution is 5.82. The van der Waals surface area contributed by atoms with Crippen LogP contribution in [0.4, 0.5) is 0 Å². The van der Waals surface area contributed by atoms with Crippen LogP contribution in [0.1, 0.15) is 43.6 Å². The lowest BCUT2D eigenvalue weighted by molar-refractivity contribution is -0.131. The van der Waals surface area contributed by atoms with E-state index in [9.17, 15) is 9.90 Å². The standard InChI is InChI=1S/C14H21NO2/c1-9-6-7-11(10(2)8-9)12(16)13(17)15-14(3,4)5/h6-8,12,16H,1-5H3,(H,15,17). The molecule has 0 heterocycles. The molecule has 0 fully saturated rings. The SMILES string of the molecule is Cc1ccc(C(O)C(=O)NC(C)(C)C)c(C)c1. The van der Waals surface area contributed by atoms with Crippen LogP contribution >= 0.6 is 0 Å². The summed E-state index contributed by atoms with van der Waals surface area (Å²) in [5.74, 6) is -0.357. The summed E-state index contributed by atoms with van der Waals surface area (Å²) >= 11 is 0. The molecule has 1 atom stereocenters. The van der Waals surface area contributed by atoms with Crippen LogP contribution in [0.2, 0.25) is 0 Å². The van der Waals surface area contributed by atoms with Gasteiger partial charge in [-0.25, -0.2) is 0 Å². The van der Waals surface area contributed by atoms with Crippen molar-refractivity contribution in [2.45, 2.75) is 46.3 Å². The van der Waals surface area contributed by atoms with E-state index in [1.54, 1.807) is 6.07 Å². The van der Waals surface area contributed by atoms with Crippen LogP contribution in [0, 0.1) is 13.8 Å². The van der Waals surface area contributed by atoms with Gasteiger partial charge in [0.1, 0.15) is 0 Å². The topological polar surface area (TPSA) is 49.3 Å². The Kier molecular flexibility index (Phi) is 3.94. The maximum Gasteiger partial charge on any atom is 0.253 e. The molecule has 0 bridgehead atoms. The predicted octanol–water partition coefficient (Wildman–Crippen LogP) is 2.25. The van der Waals surface area contributed by atoms with Crippen molar-refractivity contribution >= 4 is 5.91 Å². The van der Waals surface area contributed by atoms with E-state index < -0.39 is 6.10 Å². The maximum atomic E-state index is 11.8. The van der Waals surface area contributed by atoms with Gasteiger partial charge in [-0.3, -0.25) is 4.79 Å². The number of aliphatic hydroxyl groups is 1. The van der Waals surface area contributed by atoms with E-state index in [0.717, 1.165) is 11.1 Å². The molecule has 2 N–H and O–H groups in total. The molecule has 3 nitrogen and oxygen atoms in total. The molecule has 17 heavy (non-hydrogen) atoms. The summed E-state index contributed by atoms with van der Waals surface area (Å²) in [6.45, 7) is 9.55. The molecule has 0 spiro atoms. The second-order valence-electron chi connectivity index (χ2n) is 5.50. The highest BCUT2D eigenvalue weighted by Gasteiger charge is 2.23. The van der Waals surface area contributed by atoms with Gasteiger partial charge in [0.05, 0.1) is 0 Å². The number of hydrogen-bond acceptors (Lipinski definition) is 2. The number of aliphatic hydroxyl groups excluding tert-OH is 1. The molecule has 1 aromatic carbocycles. The minimum Gasteiger partial charge on any atom is -0.378 e. The van der Waals surface area contributed by atoms with Crippen molar-refractivity contribution in [2.24, 2.45) is 0 Å². The Morgan fingerprint density at radius 2 is 1.88 bits per heavy atom. The highest BCUT2D eigenvalue weighted by Crippen LogP contribution is 2.19. The Hall–Kier alpha value is -1.35.